The van der Waals surface area contributed by atoms with E-state index in [1.165, 1.54) is 5.69 Å². The molecule has 1 unspecified atom stereocenters. The van der Waals surface area contributed by atoms with Crippen LogP contribution in [0.3, 0.4) is 0 Å². The predicted molar refractivity (Wildman–Crippen MR) is 109 cm³/mol. The third-order valence-electron chi connectivity index (χ3n) is 6.73. The molecule has 0 saturated carbocycles. The number of anilines is 1. The topological polar surface area (TPSA) is 66.7 Å². The molecule has 1 spiro atoms. The summed E-state index contributed by atoms with van der Waals surface area (Å²) in [5.41, 5.74) is 0.911. The smallest absolute Gasteiger partial charge is 0.410 e. The van der Waals surface area contributed by atoms with E-state index < -0.39 is 0 Å². The first-order valence-electron chi connectivity index (χ1n) is 10.4. The van der Waals surface area contributed by atoms with Gasteiger partial charge in [-0.05, 0) is 25.1 Å². The van der Waals surface area contributed by atoms with Crippen LogP contribution in [0.25, 0.3) is 0 Å². The van der Waals surface area contributed by atoms with Crippen molar-refractivity contribution in [2.45, 2.75) is 38.0 Å². The summed E-state index contributed by atoms with van der Waals surface area (Å²) in [5.74, 6) is 1.74. The summed E-state index contributed by atoms with van der Waals surface area (Å²) < 4.78 is 8.22. The van der Waals surface area contributed by atoms with Gasteiger partial charge in [0.1, 0.15) is 17.2 Å². The maximum atomic E-state index is 12.6. The summed E-state index contributed by atoms with van der Waals surface area (Å²) in [5, 5.41) is 0. The number of hydrogen-bond donors (Lipinski definition) is 0. The largest absolute Gasteiger partial charge is 0.440 e. The van der Waals surface area contributed by atoms with Crippen LogP contribution in [-0.2, 0) is 18.3 Å². The first-order valence-corrected chi connectivity index (χ1v) is 10.4. The number of aryl methyl sites for hydroxylation is 2. The number of carbonyl (C=O) groups is 1. The molecular formula is C21H28N6O2. The Kier molecular flexibility index (Phi) is 4.46. The van der Waals surface area contributed by atoms with Crippen LogP contribution < -0.4 is 4.90 Å². The summed E-state index contributed by atoms with van der Waals surface area (Å²) in [7, 11) is 2.08. The van der Waals surface area contributed by atoms with Gasteiger partial charge in [0.05, 0.1) is 6.04 Å². The SMILES string of the molecule is Cc1nccc(N2CCC3(CC2)OC(=O)N2CCN(Cc4cccn4C)CC23)n1. The Morgan fingerprint density at radius 2 is 2.03 bits per heavy atom. The molecule has 2 aromatic heterocycles. The van der Waals surface area contributed by atoms with E-state index in [1.807, 2.05) is 24.1 Å². The van der Waals surface area contributed by atoms with E-state index in [0.717, 1.165) is 63.8 Å². The van der Waals surface area contributed by atoms with Crippen LogP contribution in [0.2, 0.25) is 0 Å². The Hall–Kier alpha value is -2.61. The van der Waals surface area contributed by atoms with Gasteiger partial charge in [-0.15, -0.1) is 0 Å². The van der Waals surface area contributed by atoms with E-state index in [-0.39, 0.29) is 17.7 Å². The van der Waals surface area contributed by atoms with E-state index in [0.29, 0.717) is 0 Å². The maximum absolute atomic E-state index is 12.6. The second kappa shape index (κ2) is 7.02. The van der Waals surface area contributed by atoms with Gasteiger partial charge >= 0.3 is 6.09 Å². The molecule has 2 aromatic rings. The second-order valence-corrected chi connectivity index (χ2v) is 8.44. The number of piperidine rings is 1. The molecule has 8 heteroatoms. The van der Waals surface area contributed by atoms with Gasteiger partial charge in [0.2, 0.25) is 0 Å². The lowest BCUT2D eigenvalue weighted by Crippen LogP contribution is -2.60. The normalized spacial score (nSPS) is 24.1. The van der Waals surface area contributed by atoms with Gasteiger partial charge in [-0.3, -0.25) is 9.80 Å². The molecule has 1 atom stereocenters. The average molecular weight is 396 g/mol. The number of rotatable bonds is 3. The Bertz CT molecular complexity index is 904. The highest BCUT2D eigenvalue weighted by atomic mass is 16.6. The minimum atomic E-state index is -0.386. The first kappa shape index (κ1) is 18.4. The minimum absolute atomic E-state index is 0.123. The Labute approximate surface area is 171 Å². The van der Waals surface area contributed by atoms with E-state index in [4.69, 9.17) is 4.74 Å². The fraction of sp³-hybridized carbons (Fsp3) is 0.571. The molecule has 3 fully saturated rings. The molecule has 5 rings (SSSR count). The van der Waals surface area contributed by atoms with Crippen LogP contribution in [0.4, 0.5) is 10.6 Å². The van der Waals surface area contributed by atoms with Crippen molar-refractivity contribution in [3.05, 3.63) is 42.1 Å². The molecule has 29 heavy (non-hydrogen) atoms. The highest BCUT2D eigenvalue weighted by Gasteiger charge is 2.56. The molecule has 0 N–H and O–H groups in total. The van der Waals surface area contributed by atoms with Crippen LogP contribution in [0.15, 0.2) is 30.6 Å². The summed E-state index contributed by atoms with van der Waals surface area (Å²) in [4.78, 5) is 28.1. The van der Waals surface area contributed by atoms with E-state index in [9.17, 15) is 4.79 Å². The molecule has 5 heterocycles. The van der Waals surface area contributed by atoms with E-state index in [2.05, 4.69) is 49.7 Å². The van der Waals surface area contributed by atoms with Crippen molar-refractivity contribution in [1.29, 1.82) is 0 Å². The number of aromatic nitrogens is 3. The molecule has 3 aliphatic rings. The number of fused-ring (bicyclic) bond motifs is 2. The summed E-state index contributed by atoms with van der Waals surface area (Å²) in [6.07, 6.45) is 5.42. The molecule has 154 valence electrons. The monoisotopic (exact) mass is 396 g/mol. The maximum Gasteiger partial charge on any atom is 0.410 e. The summed E-state index contributed by atoms with van der Waals surface area (Å²) >= 11 is 0. The van der Waals surface area contributed by atoms with Gasteiger partial charge in [0.15, 0.2) is 0 Å². The van der Waals surface area contributed by atoms with Crippen molar-refractivity contribution in [3.63, 3.8) is 0 Å². The number of piperazine rings is 1. The average Bonchev–Trinajstić information content (AvgIpc) is 3.23. The number of hydrogen-bond acceptors (Lipinski definition) is 6. The molecule has 0 aliphatic carbocycles. The predicted octanol–water partition coefficient (Wildman–Crippen LogP) is 1.80. The molecule has 0 aromatic carbocycles. The number of nitrogens with zero attached hydrogens (tertiary/aromatic N) is 6. The number of carbonyl (C=O) groups excluding carboxylic acids is 1. The third-order valence-corrected chi connectivity index (χ3v) is 6.73. The molecule has 3 aliphatic heterocycles. The van der Waals surface area contributed by atoms with Gasteiger partial charge in [-0.1, -0.05) is 0 Å². The van der Waals surface area contributed by atoms with Crippen LogP contribution in [-0.4, -0.2) is 74.8 Å². The van der Waals surface area contributed by atoms with Gasteiger partial charge < -0.3 is 14.2 Å². The van der Waals surface area contributed by atoms with Crippen molar-refractivity contribution in [2.75, 3.05) is 37.6 Å². The van der Waals surface area contributed by atoms with Crippen molar-refractivity contribution >= 4 is 11.9 Å². The first-order chi connectivity index (χ1) is 14.0. The van der Waals surface area contributed by atoms with Crippen molar-refractivity contribution < 1.29 is 9.53 Å². The molecule has 0 bridgehead atoms. The number of ether oxygens (including phenoxy) is 1. The third kappa shape index (κ3) is 3.25. The lowest BCUT2D eigenvalue weighted by molar-refractivity contribution is -0.00659. The second-order valence-electron chi connectivity index (χ2n) is 8.44. The highest BCUT2D eigenvalue weighted by Crippen LogP contribution is 2.41. The fourth-order valence-corrected chi connectivity index (χ4v) is 5.01. The zero-order valence-corrected chi connectivity index (χ0v) is 17.1. The Morgan fingerprint density at radius 1 is 1.21 bits per heavy atom. The Morgan fingerprint density at radius 3 is 2.76 bits per heavy atom. The fourth-order valence-electron chi connectivity index (χ4n) is 5.01. The molecule has 1 amide bonds. The van der Waals surface area contributed by atoms with Crippen LogP contribution in [0.5, 0.6) is 0 Å². The highest BCUT2D eigenvalue weighted by molar-refractivity contribution is 5.72. The summed E-state index contributed by atoms with van der Waals surface area (Å²) in [6.45, 7) is 6.99. The lowest BCUT2D eigenvalue weighted by atomic mass is 9.83. The van der Waals surface area contributed by atoms with E-state index in [1.54, 1.807) is 0 Å². The number of amides is 1. The van der Waals surface area contributed by atoms with Crippen molar-refractivity contribution in [2.24, 2.45) is 7.05 Å². The van der Waals surface area contributed by atoms with Crippen LogP contribution >= 0.6 is 0 Å². The standard InChI is InChI=1S/C21H28N6O2/c1-16-22-8-5-19(23-16)26-10-6-21(7-11-26)18-15-25(12-13-27(18)20(28)29-21)14-17-4-3-9-24(17)2/h3-5,8-9,18H,6-7,10-15H2,1-2H3. The van der Waals surface area contributed by atoms with Gasteiger partial charge in [-0.2, -0.15) is 0 Å². The minimum Gasteiger partial charge on any atom is -0.440 e. The van der Waals surface area contributed by atoms with Gasteiger partial charge in [-0.25, -0.2) is 14.8 Å². The molecule has 3 saturated heterocycles. The van der Waals surface area contributed by atoms with Gasteiger partial charge in [0.25, 0.3) is 0 Å². The lowest BCUT2D eigenvalue weighted by Gasteiger charge is -2.45. The van der Waals surface area contributed by atoms with Crippen LogP contribution in [0.1, 0.15) is 24.4 Å². The van der Waals surface area contributed by atoms with Crippen molar-refractivity contribution in [1.82, 2.24) is 24.3 Å². The zero-order valence-electron chi connectivity index (χ0n) is 17.1. The zero-order chi connectivity index (χ0) is 20.0. The van der Waals surface area contributed by atoms with Crippen molar-refractivity contribution in [3.8, 4) is 0 Å². The molecule has 8 nitrogen and oxygen atoms in total. The van der Waals surface area contributed by atoms with Crippen LogP contribution in [0, 0.1) is 6.92 Å². The van der Waals surface area contributed by atoms with Gasteiger partial charge in [0, 0.05) is 77.2 Å². The quantitative estimate of drug-likeness (QED) is 0.788. The van der Waals surface area contributed by atoms with E-state index >= 15 is 0 Å². The Balaban J connectivity index is 1.30. The summed E-state index contributed by atoms with van der Waals surface area (Å²) in [6, 6.07) is 6.33. The molecule has 0 radical (unpaired) electrons. The molecular weight excluding hydrogens is 368 g/mol.